The number of amides is 1. The minimum Gasteiger partial charge on any atom is -0.478 e. The van der Waals surface area contributed by atoms with Gasteiger partial charge in [-0.25, -0.2) is 9.18 Å². The summed E-state index contributed by atoms with van der Waals surface area (Å²) >= 11 is 0. The number of carboxylic acid groups (broad SMARTS) is 1. The Kier molecular flexibility index (Phi) is 3.71. The van der Waals surface area contributed by atoms with Crippen molar-refractivity contribution < 1.29 is 19.1 Å². The summed E-state index contributed by atoms with van der Waals surface area (Å²) in [6, 6.07) is 1.08. The van der Waals surface area contributed by atoms with Crippen molar-refractivity contribution in [2.45, 2.75) is 6.42 Å². The van der Waals surface area contributed by atoms with E-state index in [0.717, 1.165) is 12.3 Å². The van der Waals surface area contributed by atoms with Crippen LogP contribution in [0.4, 0.5) is 4.39 Å². The summed E-state index contributed by atoms with van der Waals surface area (Å²) < 4.78 is 12.9. The van der Waals surface area contributed by atoms with E-state index in [9.17, 15) is 14.0 Å². The monoisotopic (exact) mass is 224 g/mol. The lowest BCUT2D eigenvalue weighted by Crippen LogP contribution is -2.08. The van der Waals surface area contributed by atoms with E-state index in [1.807, 2.05) is 0 Å². The van der Waals surface area contributed by atoms with Gasteiger partial charge in [0.2, 0.25) is 5.91 Å². The zero-order valence-electron chi connectivity index (χ0n) is 8.18. The van der Waals surface area contributed by atoms with Gasteiger partial charge in [-0.15, -0.1) is 0 Å². The summed E-state index contributed by atoms with van der Waals surface area (Å²) in [6.45, 7) is 0. The van der Waals surface area contributed by atoms with Gasteiger partial charge in [-0.3, -0.25) is 9.78 Å². The first-order valence-electron chi connectivity index (χ1n) is 4.34. The minimum absolute atomic E-state index is 0.0153. The standard InChI is InChI=1S/C10H9FN2O3/c11-8-5-13-6(2-1-3-9(12)14)4-7(8)10(15)16/h1-2,4-5H,3H2,(H2,12,14)(H,15,16). The molecule has 0 aromatic carbocycles. The van der Waals surface area contributed by atoms with Crippen LogP contribution in [0.5, 0.6) is 0 Å². The van der Waals surface area contributed by atoms with E-state index in [0.29, 0.717) is 0 Å². The van der Waals surface area contributed by atoms with Crippen molar-refractivity contribution in [3.63, 3.8) is 0 Å². The summed E-state index contributed by atoms with van der Waals surface area (Å²) in [5, 5.41) is 8.64. The van der Waals surface area contributed by atoms with E-state index < -0.39 is 23.3 Å². The third-order valence-electron chi connectivity index (χ3n) is 1.71. The maximum atomic E-state index is 12.9. The van der Waals surface area contributed by atoms with E-state index in [1.54, 1.807) is 0 Å². The molecule has 1 amide bonds. The molecule has 0 radical (unpaired) electrons. The molecule has 0 fully saturated rings. The quantitative estimate of drug-likeness (QED) is 0.791. The second kappa shape index (κ2) is 5.01. The number of primary amides is 1. The van der Waals surface area contributed by atoms with Gasteiger partial charge in [0.25, 0.3) is 0 Å². The third-order valence-corrected chi connectivity index (χ3v) is 1.71. The maximum absolute atomic E-state index is 12.9. The Morgan fingerprint density at radius 1 is 1.56 bits per heavy atom. The smallest absolute Gasteiger partial charge is 0.338 e. The normalized spacial score (nSPS) is 10.6. The van der Waals surface area contributed by atoms with Gasteiger partial charge >= 0.3 is 5.97 Å². The first kappa shape index (κ1) is 11.8. The predicted molar refractivity (Wildman–Crippen MR) is 54.0 cm³/mol. The molecule has 5 nitrogen and oxygen atoms in total. The summed E-state index contributed by atoms with van der Waals surface area (Å²) in [7, 11) is 0. The largest absolute Gasteiger partial charge is 0.478 e. The predicted octanol–water partition coefficient (Wildman–Crippen LogP) is 0.807. The van der Waals surface area contributed by atoms with Crippen LogP contribution in [0.2, 0.25) is 0 Å². The Morgan fingerprint density at radius 3 is 2.81 bits per heavy atom. The molecule has 0 aliphatic heterocycles. The van der Waals surface area contributed by atoms with Crippen LogP contribution in [0.15, 0.2) is 18.3 Å². The number of nitrogens with two attached hydrogens (primary N) is 1. The second-order valence-electron chi connectivity index (χ2n) is 2.97. The molecule has 0 bridgehead atoms. The van der Waals surface area contributed by atoms with E-state index in [1.165, 1.54) is 12.2 Å². The first-order valence-corrected chi connectivity index (χ1v) is 4.34. The number of aromatic carboxylic acids is 1. The lowest BCUT2D eigenvalue weighted by molar-refractivity contribution is -0.117. The van der Waals surface area contributed by atoms with Crippen LogP contribution >= 0.6 is 0 Å². The van der Waals surface area contributed by atoms with Crippen molar-refractivity contribution in [2.75, 3.05) is 0 Å². The molecule has 1 heterocycles. The molecule has 3 N–H and O–H groups in total. The Labute approximate surface area is 90.4 Å². The van der Waals surface area contributed by atoms with Crippen LogP contribution < -0.4 is 5.73 Å². The fourth-order valence-corrected chi connectivity index (χ4v) is 1.01. The molecular formula is C10H9FN2O3. The van der Waals surface area contributed by atoms with Crippen molar-refractivity contribution in [1.29, 1.82) is 0 Å². The number of nitrogens with zero attached hydrogens (tertiary/aromatic N) is 1. The van der Waals surface area contributed by atoms with Gasteiger partial charge in [0.15, 0.2) is 5.82 Å². The van der Waals surface area contributed by atoms with Crippen LogP contribution in [0, 0.1) is 5.82 Å². The van der Waals surface area contributed by atoms with Crippen molar-refractivity contribution in [3.8, 4) is 0 Å². The fourth-order valence-electron chi connectivity index (χ4n) is 1.01. The van der Waals surface area contributed by atoms with Gasteiger partial charge in [0, 0.05) is 6.42 Å². The molecule has 1 aromatic rings. The first-order chi connectivity index (χ1) is 7.50. The minimum atomic E-state index is -1.37. The van der Waals surface area contributed by atoms with Gasteiger partial charge in [-0.1, -0.05) is 6.08 Å². The lowest BCUT2D eigenvalue weighted by Gasteiger charge is -1.98. The topological polar surface area (TPSA) is 93.3 Å². The highest BCUT2D eigenvalue weighted by Gasteiger charge is 2.10. The molecule has 0 spiro atoms. The molecule has 0 saturated carbocycles. The second-order valence-corrected chi connectivity index (χ2v) is 2.97. The molecule has 0 atom stereocenters. The molecule has 0 saturated heterocycles. The summed E-state index contributed by atoms with van der Waals surface area (Å²) in [5.74, 6) is -2.79. The van der Waals surface area contributed by atoms with E-state index in [-0.39, 0.29) is 12.1 Å². The molecule has 0 aliphatic rings. The third kappa shape index (κ3) is 3.16. The molecule has 1 rings (SSSR count). The van der Waals surface area contributed by atoms with Crippen LogP contribution in [0.25, 0.3) is 6.08 Å². The molecule has 1 aromatic heterocycles. The molecule has 0 unspecified atom stereocenters. The number of rotatable bonds is 4. The van der Waals surface area contributed by atoms with E-state index in [4.69, 9.17) is 10.8 Å². The maximum Gasteiger partial charge on any atom is 0.338 e. The van der Waals surface area contributed by atoms with E-state index >= 15 is 0 Å². The Hall–Kier alpha value is -2.24. The SMILES string of the molecule is NC(=O)CC=Cc1cc(C(=O)O)c(F)cn1. The zero-order chi connectivity index (χ0) is 12.1. The number of hydrogen-bond donors (Lipinski definition) is 2. The van der Waals surface area contributed by atoms with Crippen LogP contribution in [-0.4, -0.2) is 22.0 Å². The number of carbonyl (C=O) groups is 2. The number of aromatic nitrogens is 1. The van der Waals surface area contributed by atoms with E-state index in [2.05, 4.69) is 4.98 Å². The van der Waals surface area contributed by atoms with Gasteiger partial charge in [0.05, 0.1) is 17.5 Å². The average Bonchev–Trinajstić information content (AvgIpc) is 2.19. The van der Waals surface area contributed by atoms with Gasteiger partial charge in [-0.2, -0.15) is 0 Å². The highest BCUT2D eigenvalue weighted by molar-refractivity contribution is 5.88. The Bertz CT molecular complexity index is 457. The number of halogens is 1. The summed E-state index contributed by atoms with van der Waals surface area (Å²) in [4.78, 5) is 24.6. The average molecular weight is 224 g/mol. The molecule has 16 heavy (non-hydrogen) atoms. The molecule has 84 valence electrons. The molecule has 6 heteroatoms. The Balaban J connectivity index is 2.91. The number of carboxylic acids is 1. The zero-order valence-corrected chi connectivity index (χ0v) is 8.18. The van der Waals surface area contributed by atoms with Gasteiger partial charge < -0.3 is 10.8 Å². The van der Waals surface area contributed by atoms with Crippen molar-refractivity contribution in [3.05, 3.63) is 35.4 Å². The molecular weight excluding hydrogens is 215 g/mol. The van der Waals surface area contributed by atoms with Crippen LogP contribution in [0.1, 0.15) is 22.5 Å². The van der Waals surface area contributed by atoms with Gasteiger partial charge in [-0.05, 0) is 12.1 Å². The highest BCUT2D eigenvalue weighted by atomic mass is 19.1. The summed E-state index contributed by atoms with van der Waals surface area (Å²) in [5.41, 5.74) is 4.68. The van der Waals surface area contributed by atoms with Crippen molar-refractivity contribution in [2.24, 2.45) is 5.73 Å². The van der Waals surface area contributed by atoms with Crippen molar-refractivity contribution in [1.82, 2.24) is 4.98 Å². The van der Waals surface area contributed by atoms with Gasteiger partial charge in [0.1, 0.15) is 0 Å². The van der Waals surface area contributed by atoms with Crippen LogP contribution in [0.3, 0.4) is 0 Å². The lowest BCUT2D eigenvalue weighted by atomic mass is 10.2. The summed E-state index contributed by atoms with van der Waals surface area (Å²) in [6.07, 6.45) is 3.65. The van der Waals surface area contributed by atoms with Crippen molar-refractivity contribution >= 4 is 18.0 Å². The van der Waals surface area contributed by atoms with Crippen LogP contribution in [-0.2, 0) is 4.79 Å². The number of carbonyl (C=O) groups excluding carboxylic acids is 1. The highest BCUT2D eigenvalue weighted by Crippen LogP contribution is 2.09. The molecule has 0 aliphatic carbocycles. The fraction of sp³-hybridized carbons (Fsp3) is 0.100. The number of pyridine rings is 1. The number of hydrogen-bond acceptors (Lipinski definition) is 3. The Morgan fingerprint density at radius 2 is 2.25 bits per heavy atom.